The van der Waals surface area contributed by atoms with E-state index in [-0.39, 0.29) is 17.6 Å². The van der Waals surface area contributed by atoms with Gasteiger partial charge < -0.3 is 15.1 Å². The maximum absolute atomic E-state index is 12.2. The van der Waals surface area contributed by atoms with Crippen molar-refractivity contribution in [2.75, 3.05) is 10.6 Å². The van der Waals surface area contributed by atoms with Gasteiger partial charge in [0.05, 0.1) is 6.26 Å². The number of halogens is 1. The van der Waals surface area contributed by atoms with Crippen LogP contribution >= 0.6 is 11.6 Å². The van der Waals surface area contributed by atoms with Crippen molar-refractivity contribution in [1.29, 1.82) is 0 Å². The summed E-state index contributed by atoms with van der Waals surface area (Å²) in [4.78, 5) is 24.2. The van der Waals surface area contributed by atoms with Crippen molar-refractivity contribution < 1.29 is 14.0 Å². The normalized spacial score (nSPS) is 10.3. The summed E-state index contributed by atoms with van der Waals surface area (Å²) in [6.07, 6.45) is 2.30. The maximum atomic E-state index is 12.2. The van der Waals surface area contributed by atoms with Crippen LogP contribution < -0.4 is 10.6 Å². The van der Waals surface area contributed by atoms with Gasteiger partial charge in [-0.1, -0.05) is 35.9 Å². The molecule has 3 aromatic rings. The molecule has 3 rings (SSSR count). The lowest BCUT2D eigenvalue weighted by atomic mass is 10.1. The highest BCUT2D eigenvalue weighted by Crippen LogP contribution is 2.19. The topological polar surface area (TPSA) is 71.3 Å². The van der Waals surface area contributed by atoms with E-state index in [9.17, 15) is 9.59 Å². The molecule has 0 saturated heterocycles. The first-order valence-electron chi connectivity index (χ1n) is 8.10. The van der Waals surface area contributed by atoms with Gasteiger partial charge in [-0.15, -0.1) is 0 Å². The third kappa shape index (κ3) is 4.74. The smallest absolute Gasteiger partial charge is 0.291 e. The average Bonchev–Trinajstić information content (AvgIpc) is 3.16. The van der Waals surface area contributed by atoms with Gasteiger partial charge in [-0.3, -0.25) is 9.59 Å². The minimum Gasteiger partial charge on any atom is -0.459 e. The van der Waals surface area contributed by atoms with E-state index in [1.165, 1.54) is 6.26 Å². The minimum atomic E-state index is -0.350. The van der Waals surface area contributed by atoms with E-state index < -0.39 is 0 Å². The number of carbonyl (C=O) groups excluding carboxylic acids is 2. The summed E-state index contributed by atoms with van der Waals surface area (Å²) in [7, 11) is 0. The average molecular weight is 369 g/mol. The minimum absolute atomic E-state index is 0.126. The molecule has 0 unspecified atom stereocenters. The fourth-order valence-corrected chi connectivity index (χ4v) is 2.68. The highest BCUT2D eigenvalue weighted by Gasteiger charge is 2.10. The largest absolute Gasteiger partial charge is 0.459 e. The highest BCUT2D eigenvalue weighted by atomic mass is 35.5. The van der Waals surface area contributed by atoms with Gasteiger partial charge in [0.15, 0.2) is 5.76 Å². The Morgan fingerprint density at radius 3 is 2.42 bits per heavy atom. The van der Waals surface area contributed by atoms with Crippen LogP contribution in [0.3, 0.4) is 0 Å². The molecule has 0 aliphatic carbocycles. The molecule has 26 heavy (non-hydrogen) atoms. The SMILES string of the molecule is O=C(CCc1ccccc1Cl)Nc1cccc(NC(=O)c2ccco2)c1. The Kier molecular flexibility index (Phi) is 5.71. The van der Waals surface area contributed by atoms with Crippen LogP contribution in [0.1, 0.15) is 22.5 Å². The number of anilines is 2. The Labute approximate surface area is 156 Å². The lowest BCUT2D eigenvalue weighted by Gasteiger charge is -2.09. The number of hydrogen-bond acceptors (Lipinski definition) is 3. The van der Waals surface area contributed by atoms with E-state index in [0.717, 1.165) is 5.56 Å². The zero-order valence-electron chi connectivity index (χ0n) is 13.9. The summed E-state index contributed by atoms with van der Waals surface area (Å²) in [5, 5.41) is 6.20. The van der Waals surface area contributed by atoms with Gasteiger partial charge >= 0.3 is 0 Å². The molecule has 0 saturated carbocycles. The zero-order valence-corrected chi connectivity index (χ0v) is 14.6. The lowest BCUT2D eigenvalue weighted by Crippen LogP contribution is -2.14. The summed E-state index contributed by atoms with van der Waals surface area (Å²) < 4.78 is 5.05. The molecule has 0 aliphatic rings. The molecule has 132 valence electrons. The first kappa shape index (κ1) is 17.8. The zero-order chi connectivity index (χ0) is 18.4. The first-order valence-corrected chi connectivity index (χ1v) is 8.48. The van der Waals surface area contributed by atoms with Gasteiger partial charge in [0.25, 0.3) is 5.91 Å². The third-order valence-corrected chi connectivity index (χ3v) is 4.10. The van der Waals surface area contributed by atoms with Crippen LogP contribution in [0.2, 0.25) is 5.02 Å². The van der Waals surface area contributed by atoms with Gasteiger partial charge in [0.1, 0.15) is 0 Å². The van der Waals surface area contributed by atoms with Crippen molar-refractivity contribution >= 4 is 34.8 Å². The Balaban J connectivity index is 1.57. The third-order valence-electron chi connectivity index (χ3n) is 3.73. The van der Waals surface area contributed by atoms with Crippen molar-refractivity contribution in [2.45, 2.75) is 12.8 Å². The summed E-state index contributed by atoms with van der Waals surface area (Å²) in [6, 6.07) is 17.6. The van der Waals surface area contributed by atoms with Crippen LogP contribution in [-0.2, 0) is 11.2 Å². The number of rotatable bonds is 6. The molecule has 2 amide bonds. The maximum Gasteiger partial charge on any atom is 0.291 e. The predicted molar refractivity (Wildman–Crippen MR) is 102 cm³/mol. The standard InChI is InChI=1S/C20H17ClN2O3/c21-17-8-2-1-5-14(17)10-11-19(24)22-15-6-3-7-16(13-15)23-20(25)18-9-4-12-26-18/h1-9,12-13H,10-11H2,(H,22,24)(H,23,25). The molecule has 0 spiro atoms. The molecule has 0 aliphatic heterocycles. The van der Waals surface area contributed by atoms with Crippen LogP contribution in [0.5, 0.6) is 0 Å². The Hall–Kier alpha value is -3.05. The molecular formula is C20H17ClN2O3. The molecule has 5 nitrogen and oxygen atoms in total. The fraction of sp³-hybridized carbons (Fsp3) is 0.100. The molecule has 6 heteroatoms. The van der Waals surface area contributed by atoms with E-state index in [2.05, 4.69) is 10.6 Å². The molecule has 1 aromatic heterocycles. The monoisotopic (exact) mass is 368 g/mol. The molecule has 0 atom stereocenters. The number of furan rings is 1. The molecule has 0 bridgehead atoms. The first-order chi connectivity index (χ1) is 12.6. The number of aryl methyl sites for hydroxylation is 1. The van der Waals surface area contributed by atoms with Crippen LogP contribution in [-0.4, -0.2) is 11.8 Å². The van der Waals surface area contributed by atoms with E-state index in [4.69, 9.17) is 16.0 Å². The number of amides is 2. The summed E-state index contributed by atoms with van der Waals surface area (Å²) in [6.45, 7) is 0. The summed E-state index contributed by atoms with van der Waals surface area (Å²) >= 11 is 6.10. The van der Waals surface area contributed by atoms with E-state index in [1.54, 1.807) is 42.5 Å². The van der Waals surface area contributed by atoms with Crippen molar-refractivity contribution in [2.24, 2.45) is 0 Å². The molecule has 0 radical (unpaired) electrons. The highest BCUT2D eigenvalue weighted by molar-refractivity contribution is 6.31. The van der Waals surface area contributed by atoms with Gasteiger partial charge in [0, 0.05) is 22.8 Å². The second kappa shape index (κ2) is 8.36. The molecule has 1 heterocycles. The Bertz CT molecular complexity index is 907. The lowest BCUT2D eigenvalue weighted by molar-refractivity contribution is -0.116. The number of hydrogen-bond donors (Lipinski definition) is 2. The van der Waals surface area contributed by atoms with E-state index in [1.807, 2.05) is 18.2 Å². The quantitative estimate of drug-likeness (QED) is 0.659. The van der Waals surface area contributed by atoms with Gasteiger partial charge in [-0.05, 0) is 48.4 Å². The second-order valence-electron chi connectivity index (χ2n) is 5.65. The van der Waals surface area contributed by atoms with Gasteiger partial charge in [0.2, 0.25) is 5.91 Å². The van der Waals surface area contributed by atoms with Crippen LogP contribution in [0, 0.1) is 0 Å². The summed E-state index contributed by atoms with van der Waals surface area (Å²) in [5.41, 5.74) is 2.10. The fourth-order valence-electron chi connectivity index (χ4n) is 2.45. The van der Waals surface area contributed by atoms with Crippen molar-refractivity contribution in [3.63, 3.8) is 0 Å². The van der Waals surface area contributed by atoms with Gasteiger partial charge in [-0.2, -0.15) is 0 Å². The Morgan fingerprint density at radius 2 is 1.69 bits per heavy atom. The number of benzene rings is 2. The molecule has 2 N–H and O–H groups in total. The number of nitrogens with one attached hydrogen (secondary N) is 2. The van der Waals surface area contributed by atoms with Crippen LogP contribution in [0.4, 0.5) is 11.4 Å². The van der Waals surface area contributed by atoms with Crippen LogP contribution in [0.15, 0.2) is 71.3 Å². The molecular weight excluding hydrogens is 352 g/mol. The van der Waals surface area contributed by atoms with Gasteiger partial charge in [-0.25, -0.2) is 0 Å². The van der Waals surface area contributed by atoms with E-state index in [0.29, 0.717) is 29.2 Å². The van der Waals surface area contributed by atoms with Crippen molar-refractivity contribution in [1.82, 2.24) is 0 Å². The predicted octanol–water partition coefficient (Wildman–Crippen LogP) is 4.76. The number of carbonyl (C=O) groups is 2. The van der Waals surface area contributed by atoms with E-state index >= 15 is 0 Å². The van der Waals surface area contributed by atoms with Crippen LogP contribution in [0.25, 0.3) is 0 Å². The molecule has 2 aromatic carbocycles. The van der Waals surface area contributed by atoms with Crippen molar-refractivity contribution in [3.8, 4) is 0 Å². The molecule has 0 fully saturated rings. The van der Waals surface area contributed by atoms with Crippen molar-refractivity contribution in [3.05, 3.63) is 83.3 Å². The second-order valence-corrected chi connectivity index (χ2v) is 6.06. The summed E-state index contributed by atoms with van der Waals surface area (Å²) in [5.74, 6) is -0.254. The Morgan fingerprint density at radius 1 is 0.923 bits per heavy atom.